The fraction of sp³-hybridized carbons (Fsp3) is 0.400. The molecule has 0 aliphatic rings. The summed E-state index contributed by atoms with van der Waals surface area (Å²) in [7, 11) is 3.54. The Morgan fingerprint density at radius 1 is 1.50 bits per heavy atom. The second-order valence-corrected chi connectivity index (χ2v) is 3.70. The van der Waals surface area contributed by atoms with Crippen molar-refractivity contribution in [1.29, 1.82) is 0 Å². The highest BCUT2D eigenvalue weighted by atomic mass is 35.5. The van der Waals surface area contributed by atoms with Crippen LogP contribution >= 0.6 is 11.6 Å². The van der Waals surface area contributed by atoms with Gasteiger partial charge < -0.3 is 10.0 Å². The fourth-order valence-electron chi connectivity index (χ4n) is 1.34. The van der Waals surface area contributed by atoms with Crippen molar-refractivity contribution in [3.05, 3.63) is 34.6 Å². The lowest BCUT2D eigenvalue weighted by atomic mass is 10.1. The Morgan fingerprint density at radius 3 is 2.57 bits per heavy atom. The largest absolute Gasteiger partial charge is 0.394 e. The van der Waals surface area contributed by atoms with Crippen molar-refractivity contribution in [2.75, 3.05) is 20.7 Å². The molecule has 0 bridgehead atoms. The third-order valence-electron chi connectivity index (χ3n) is 2.13. The van der Waals surface area contributed by atoms with Crippen LogP contribution in [0, 0.1) is 5.82 Å². The zero-order valence-electron chi connectivity index (χ0n) is 8.17. The maximum atomic E-state index is 13.4. The van der Waals surface area contributed by atoms with Crippen molar-refractivity contribution < 1.29 is 9.50 Å². The molecule has 0 saturated carbocycles. The summed E-state index contributed by atoms with van der Waals surface area (Å²) in [6.45, 7) is -0.159. The Morgan fingerprint density at radius 2 is 2.14 bits per heavy atom. The van der Waals surface area contributed by atoms with Gasteiger partial charge in [0.2, 0.25) is 0 Å². The van der Waals surface area contributed by atoms with Crippen LogP contribution in [0.15, 0.2) is 18.2 Å². The quantitative estimate of drug-likeness (QED) is 0.838. The number of hydrogen-bond acceptors (Lipinski definition) is 2. The molecule has 1 unspecified atom stereocenters. The van der Waals surface area contributed by atoms with Gasteiger partial charge in [-0.3, -0.25) is 0 Å². The van der Waals surface area contributed by atoms with E-state index in [2.05, 4.69) is 0 Å². The molecule has 0 aliphatic carbocycles. The van der Waals surface area contributed by atoms with Gasteiger partial charge in [-0.05, 0) is 26.2 Å². The third kappa shape index (κ3) is 2.23. The predicted octanol–water partition coefficient (Wildman–Crippen LogP) is 2.07. The van der Waals surface area contributed by atoms with Crippen LogP contribution in [0.25, 0.3) is 0 Å². The minimum absolute atomic E-state index is 0.159. The summed E-state index contributed by atoms with van der Waals surface area (Å²) in [5, 5.41) is 9.48. The summed E-state index contributed by atoms with van der Waals surface area (Å²) in [5.74, 6) is -0.384. The number of rotatable bonds is 3. The van der Waals surface area contributed by atoms with E-state index < -0.39 is 6.04 Å². The van der Waals surface area contributed by atoms with Crippen LogP contribution in [-0.2, 0) is 0 Å². The van der Waals surface area contributed by atoms with Gasteiger partial charge in [-0.2, -0.15) is 0 Å². The molecule has 0 aliphatic heterocycles. The normalized spacial score (nSPS) is 13.3. The van der Waals surface area contributed by atoms with E-state index in [-0.39, 0.29) is 12.4 Å². The van der Waals surface area contributed by atoms with Gasteiger partial charge in [0.1, 0.15) is 5.82 Å². The molecule has 14 heavy (non-hydrogen) atoms. The molecule has 0 radical (unpaired) electrons. The highest BCUT2D eigenvalue weighted by molar-refractivity contribution is 6.31. The van der Waals surface area contributed by atoms with Crippen LogP contribution in [0.1, 0.15) is 11.6 Å². The van der Waals surface area contributed by atoms with E-state index in [4.69, 9.17) is 16.7 Å². The van der Waals surface area contributed by atoms with E-state index in [1.807, 2.05) is 0 Å². The number of likely N-dealkylation sites (N-methyl/N-ethyl adjacent to an activating group) is 1. The molecule has 0 aromatic heterocycles. The van der Waals surface area contributed by atoms with Gasteiger partial charge in [0.05, 0.1) is 12.6 Å². The Balaban J connectivity index is 3.15. The monoisotopic (exact) mass is 217 g/mol. The average molecular weight is 218 g/mol. The van der Waals surface area contributed by atoms with Crippen LogP contribution in [0.2, 0.25) is 5.02 Å². The lowest BCUT2D eigenvalue weighted by molar-refractivity contribution is 0.167. The van der Waals surface area contributed by atoms with Crippen LogP contribution in [0.4, 0.5) is 4.39 Å². The van der Waals surface area contributed by atoms with Gasteiger partial charge >= 0.3 is 0 Å². The molecular weight excluding hydrogens is 205 g/mol. The molecule has 1 aromatic carbocycles. The molecule has 1 rings (SSSR count). The molecule has 4 heteroatoms. The lowest BCUT2D eigenvalue weighted by Crippen LogP contribution is -2.24. The smallest absolute Gasteiger partial charge is 0.129 e. The summed E-state index contributed by atoms with van der Waals surface area (Å²) >= 11 is 5.87. The standard InChI is InChI=1S/C10H13ClFNO/c1-13(2)9(6-14)10-7(11)4-3-5-8(10)12/h3-5,9,14H,6H2,1-2H3. The second-order valence-electron chi connectivity index (χ2n) is 3.30. The summed E-state index contributed by atoms with van der Waals surface area (Å²) in [5.41, 5.74) is 0.349. The Kier molecular flexibility index (Phi) is 3.86. The van der Waals surface area contributed by atoms with Gasteiger partial charge in [-0.25, -0.2) is 4.39 Å². The minimum Gasteiger partial charge on any atom is -0.394 e. The first kappa shape index (κ1) is 11.4. The summed E-state index contributed by atoms with van der Waals surface area (Å²) < 4.78 is 13.4. The zero-order valence-corrected chi connectivity index (χ0v) is 8.92. The van der Waals surface area contributed by atoms with E-state index in [9.17, 15) is 4.39 Å². The summed E-state index contributed by atoms with van der Waals surface area (Å²) in [6.07, 6.45) is 0. The number of halogens is 2. The SMILES string of the molecule is CN(C)C(CO)c1c(F)cccc1Cl. The van der Waals surface area contributed by atoms with E-state index in [0.29, 0.717) is 10.6 Å². The third-order valence-corrected chi connectivity index (χ3v) is 2.46. The molecule has 0 saturated heterocycles. The second kappa shape index (κ2) is 4.73. The summed E-state index contributed by atoms with van der Waals surface area (Å²) in [6, 6.07) is 4.11. The number of aliphatic hydroxyl groups excluding tert-OH is 1. The molecule has 78 valence electrons. The van der Waals surface area contributed by atoms with E-state index in [1.54, 1.807) is 31.1 Å². The maximum absolute atomic E-state index is 13.4. The van der Waals surface area contributed by atoms with Crippen LogP contribution < -0.4 is 0 Å². The van der Waals surface area contributed by atoms with Crippen LogP contribution in [-0.4, -0.2) is 30.7 Å². The number of benzene rings is 1. The molecule has 1 aromatic rings. The summed E-state index contributed by atoms with van der Waals surface area (Å²) in [4.78, 5) is 1.73. The van der Waals surface area contributed by atoms with Crippen LogP contribution in [0.3, 0.4) is 0 Å². The first-order valence-electron chi connectivity index (χ1n) is 4.29. The highest BCUT2D eigenvalue weighted by Crippen LogP contribution is 2.28. The van der Waals surface area contributed by atoms with E-state index >= 15 is 0 Å². The van der Waals surface area contributed by atoms with Crippen LogP contribution in [0.5, 0.6) is 0 Å². The highest BCUT2D eigenvalue weighted by Gasteiger charge is 2.19. The Hall–Kier alpha value is -0.640. The van der Waals surface area contributed by atoms with Crippen molar-refractivity contribution in [2.45, 2.75) is 6.04 Å². The van der Waals surface area contributed by atoms with Crippen molar-refractivity contribution in [1.82, 2.24) is 4.90 Å². The molecule has 2 nitrogen and oxygen atoms in total. The minimum atomic E-state index is -0.399. The predicted molar refractivity (Wildman–Crippen MR) is 54.9 cm³/mol. The molecule has 0 amide bonds. The maximum Gasteiger partial charge on any atom is 0.129 e. The molecule has 1 atom stereocenters. The van der Waals surface area contributed by atoms with Gasteiger partial charge in [0.25, 0.3) is 0 Å². The van der Waals surface area contributed by atoms with Crippen molar-refractivity contribution in [3.63, 3.8) is 0 Å². The number of hydrogen-bond donors (Lipinski definition) is 1. The first-order chi connectivity index (χ1) is 6.57. The fourth-order valence-corrected chi connectivity index (χ4v) is 1.63. The van der Waals surface area contributed by atoms with Gasteiger partial charge in [-0.1, -0.05) is 17.7 Å². The van der Waals surface area contributed by atoms with E-state index in [1.165, 1.54) is 6.07 Å². The van der Waals surface area contributed by atoms with Crippen molar-refractivity contribution >= 4 is 11.6 Å². The topological polar surface area (TPSA) is 23.5 Å². The number of nitrogens with zero attached hydrogens (tertiary/aromatic N) is 1. The molecule has 0 heterocycles. The van der Waals surface area contributed by atoms with Gasteiger partial charge in [0, 0.05) is 10.6 Å². The first-order valence-corrected chi connectivity index (χ1v) is 4.67. The molecule has 1 N–H and O–H groups in total. The van der Waals surface area contributed by atoms with Crippen molar-refractivity contribution in [3.8, 4) is 0 Å². The van der Waals surface area contributed by atoms with Gasteiger partial charge in [0.15, 0.2) is 0 Å². The lowest BCUT2D eigenvalue weighted by Gasteiger charge is -2.23. The Bertz CT molecular complexity index is 297. The zero-order chi connectivity index (χ0) is 10.7. The molecular formula is C10H13ClFNO. The molecule has 0 fully saturated rings. The average Bonchev–Trinajstić information content (AvgIpc) is 2.10. The Labute approximate surface area is 87.9 Å². The molecule has 0 spiro atoms. The van der Waals surface area contributed by atoms with Gasteiger partial charge in [-0.15, -0.1) is 0 Å². The van der Waals surface area contributed by atoms with Crippen molar-refractivity contribution in [2.24, 2.45) is 0 Å². The number of aliphatic hydroxyl groups is 1. The van der Waals surface area contributed by atoms with E-state index in [0.717, 1.165) is 0 Å².